The van der Waals surface area contributed by atoms with Crippen LogP contribution < -0.4 is 0 Å². The number of imide groups is 1. The van der Waals surface area contributed by atoms with E-state index in [9.17, 15) is 19.7 Å². The number of thiophene rings is 1. The molecular formula is C18H17N3O4S. The average Bonchev–Trinajstić information content (AvgIpc) is 3.20. The van der Waals surface area contributed by atoms with E-state index in [1.807, 2.05) is 0 Å². The van der Waals surface area contributed by atoms with Crippen molar-refractivity contribution in [2.45, 2.75) is 25.8 Å². The van der Waals surface area contributed by atoms with Crippen LogP contribution in [0.5, 0.6) is 0 Å². The van der Waals surface area contributed by atoms with E-state index in [2.05, 4.69) is 23.3 Å². The van der Waals surface area contributed by atoms with Crippen LogP contribution in [0.15, 0.2) is 29.6 Å². The minimum atomic E-state index is -0.559. The lowest BCUT2D eigenvalue weighted by Crippen LogP contribution is -2.45. The smallest absolute Gasteiger partial charge is 0.270 e. The van der Waals surface area contributed by atoms with E-state index in [0.717, 1.165) is 19.4 Å². The van der Waals surface area contributed by atoms with Gasteiger partial charge >= 0.3 is 0 Å². The third kappa shape index (κ3) is 2.53. The van der Waals surface area contributed by atoms with Gasteiger partial charge < -0.3 is 0 Å². The Morgan fingerprint density at radius 3 is 2.73 bits per heavy atom. The van der Waals surface area contributed by atoms with Crippen LogP contribution in [0, 0.1) is 10.1 Å². The van der Waals surface area contributed by atoms with Crippen molar-refractivity contribution in [1.29, 1.82) is 0 Å². The van der Waals surface area contributed by atoms with Crippen LogP contribution in [0.2, 0.25) is 0 Å². The van der Waals surface area contributed by atoms with E-state index in [0.29, 0.717) is 0 Å². The van der Waals surface area contributed by atoms with Crippen molar-refractivity contribution in [1.82, 2.24) is 9.80 Å². The van der Waals surface area contributed by atoms with E-state index in [-0.39, 0.29) is 35.4 Å². The van der Waals surface area contributed by atoms with Crippen LogP contribution in [0.25, 0.3) is 0 Å². The van der Waals surface area contributed by atoms with Crippen molar-refractivity contribution in [2.24, 2.45) is 0 Å². The summed E-state index contributed by atoms with van der Waals surface area (Å²) in [6.07, 6.45) is 1.79. The van der Waals surface area contributed by atoms with Crippen LogP contribution >= 0.6 is 11.3 Å². The van der Waals surface area contributed by atoms with Gasteiger partial charge in [0, 0.05) is 29.6 Å². The lowest BCUT2D eigenvalue weighted by molar-refractivity contribution is -0.384. The quantitative estimate of drug-likeness (QED) is 0.468. The summed E-state index contributed by atoms with van der Waals surface area (Å²) < 4.78 is 0. The molecule has 8 heteroatoms. The van der Waals surface area contributed by atoms with Crippen molar-refractivity contribution in [2.75, 3.05) is 13.2 Å². The number of non-ortho nitro benzene ring substituents is 1. The highest BCUT2D eigenvalue weighted by atomic mass is 32.1. The molecule has 1 aromatic heterocycles. The van der Waals surface area contributed by atoms with Gasteiger partial charge in [-0.3, -0.25) is 29.5 Å². The number of benzene rings is 1. The molecule has 134 valence electrons. The Morgan fingerprint density at radius 2 is 2.00 bits per heavy atom. The monoisotopic (exact) mass is 371 g/mol. The third-order valence-corrected chi connectivity index (χ3v) is 6.08. The maximum Gasteiger partial charge on any atom is 0.270 e. The molecule has 0 fully saturated rings. The molecule has 2 aliphatic rings. The highest BCUT2D eigenvalue weighted by Gasteiger charge is 2.39. The molecule has 26 heavy (non-hydrogen) atoms. The fraction of sp³-hybridized carbons (Fsp3) is 0.333. The number of carbonyl (C=O) groups is 2. The zero-order chi connectivity index (χ0) is 18.4. The van der Waals surface area contributed by atoms with Gasteiger partial charge in [-0.2, -0.15) is 0 Å². The predicted molar refractivity (Wildman–Crippen MR) is 96.2 cm³/mol. The zero-order valence-corrected chi connectivity index (χ0v) is 15.0. The molecular weight excluding hydrogens is 354 g/mol. The minimum Gasteiger partial charge on any atom is -0.278 e. The van der Waals surface area contributed by atoms with E-state index in [1.54, 1.807) is 11.3 Å². The summed E-state index contributed by atoms with van der Waals surface area (Å²) in [5.41, 5.74) is 1.45. The molecule has 0 saturated carbocycles. The van der Waals surface area contributed by atoms with Gasteiger partial charge in [0.1, 0.15) is 0 Å². The molecule has 4 rings (SSSR count). The Balaban J connectivity index is 1.60. The lowest BCUT2D eigenvalue weighted by atomic mass is 9.98. The first kappa shape index (κ1) is 16.9. The third-order valence-electron chi connectivity index (χ3n) is 5.08. The van der Waals surface area contributed by atoms with Gasteiger partial charge in [0.05, 0.1) is 22.7 Å². The van der Waals surface area contributed by atoms with Crippen LogP contribution in [0.4, 0.5) is 5.69 Å². The summed E-state index contributed by atoms with van der Waals surface area (Å²) in [6.45, 7) is 3.07. The first-order valence-electron chi connectivity index (χ1n) is 8.46. The number of fused-ring (bicyclic) bond motifs is 2. The van der Waals surface area contributed by atoms with Crippen molar-refractivity contribution in [3.8, 4) is 0 Å². The fourth-order valence-corrected chi connectivity index (χ4v) is 4.73. The van der Waals surface area contributed by atoms with Crippen LogP contribution in [-0.4, -0.2) is 39.8 Å². The van der Waals surface area contributed by atoms with Crippen LogP contribution in [-0.2, 0) is 6.42 Å². The molecule has 0 radical (unpaired) electrons. The van der Waals surface area contributed by atoms with Gasteiger partial charge in [-0.05, 0) is 35.9 Å². The molecule has 2 aromatic rings. The van der Waals surface area contributed by atoms with Gasteiger partial charge in [0.15, 0.2) is 0 Å². The Morgan fingerprint density at radius 1 is 1.23 bits per heavy atom. The van der Waals surface area contributed by atoms with Gasteiger partial charge in [0.25, 0.3) is 17.5 Å². The summed E-state index contributed by atoms with van der Waals surface area (Å²) in [6, 6.07) is 6.12. The Hall–Kier alpha value is -2.58. The molecule has 0 spiro atoms. The minimum absolute atomic E-state index is 0.116. The topological polar surface area (TPSA) is 83.8 Å². The summed E-state index contributed by atoms with van der Waals surface area (Å²) in [5.74, 6) is -0.842. The maximum atomic E-state index is 12.7. The molecule has 0 saturated heterocycles. The number of rotatable bonds is 4. The Labute approximate surface area is 154 Å². The molecule has 0 bridgehead atoms. The normalized spacial score (nSPS) is 19.6. The van der Waals surface area contributed by atoms with Crippen molar-refractivity contribution in [3.63, 3.8) is 0 Å². The van der Waals surface area contributed by atoms with E-state index in [1.165, 1.54) is 33.5 Å². The maximum absolute atomic E-state index is 12.7. The van der Waals surface area contributed by atoms with Crippen LogP contribution in [0.3, 0.4) is 0 Å². The number of amides is 2. The molecule has 0 unspecified atom stereocenters. The van der Waals surface area contributed by atoms with Gasteiger partial charge in [-0.1, -0.05) is 6.92 Å². The Kier molecular flexibility index (Phi) is 4.08. The first-order chi connectivity index (χ1) is 12.5. The summed E-state index contributed by atoms with van der Waals surface area (Å²) >= 11 is 1.75. The molecule has 1 aromatic carbocycles. The van der Waals surface area contributed by atoms with E-state index >= 15 is 0 Å². The molecule has 0 aliphatic carbocycles. The summed E-state index contributed by atoms with van der Waals surface area (Å²) in [5, 5.41) is 13.0. The SMILES string of the molecule is CC[C@@H]1c2ccsc2CCN1CN1C(=O)c2ccc([N+](=O)[O-])cc2C1=O. The highest BCUT2D eigenvalue weighted by Crippen LogP contribution is 2.36. The second-order valence-electron chi connectivity index (χ2n) is 6.45. The number of hydrogen-bond acceptors (Lipinski definition) is 6. The van der Waals surface area contributed by atoms with E-state index < -0.39 is 10.8 Å². The van der Waals surface area contributed by atoms with Gasteiger partial charge in [-0.15, -0.1) is 11.3 Å². The molecule has 2 amide bonds. The van der Waals surface area contributed by atoms with Gasteiger partial charge in [0.2, 0.25) is 0 Å². The van der Waals surface area contributed by atoms with Crippen molar-refractivity contribution in [3.05, 3.63) is 61.3 Å². The standard InChI is InChI=1S/C18H17N3O4S/c1-2-15-13-6-8-26-16(13)5-7-19(15)10-20-17(22)12-4-3-11(21(24)25)9-14(12)18(20)23/h3-4,6,8-9,15H,2,5,7,10H2,1H3/t15-/m1/s1. The second-order valence-corrected chi connectivity index (χ2v) is 7.45. The number of nitro benzene ring substituents is 1. The molecule has 0 N–H and O–H groups in total. The fourth-order valence-electron chi connectivity index (χ4n) is 3.80. The lowest BCUT2D eigenvalue weighted by Gasteiger charge is -2.37. The number of carbonyl (C=O) groups excluding carboxylic acids is 2. The molecule has 2 aliphatic heterocycles. The molecule has 7 nitrogen and oxygen atoms in total. The second kappa shape index (κ2) is 6.30. The van der Waals surface area contributed by atoms with Crippen molar-refractivity contribution >= 4 is 28.8 Å². The van der Waals surface area contributed by atoms with Crippen molar-refractivity contribution < 1.29 is 14.5 Å². The highest BCUT2D eigenvalue weighted by molar-refractivity contribution is 7.10. The Bertz CT molecular complexity index is 923. The largest absolute Gasteiger partial charge is 0.278 e. The average molecular weight is 371 g/mol. The van der Waals surface area contributed by atoms with Gasteiger partial charge in [-0.25, -0.2) is 0 Å². The molecule has 1 atom stereocenters. The number of nitro groups is 1. The summed E-state index contributed by atoms with van der Waals surface area (Å²) in [4.78, 5) is 40.5. The molecule has 3 heterocycles. The summed E-state index contributed by atoms with van der Waals surface area (Å²) in [7, 11) is 0. The van der Waals surface area contributed by atoms with E-state index in [4.69, 9.17) is 0 Å². The van der Waals surface area contributed by atoms with Crippen LogP contribution in [0.1, 0.15) is 50.5 Å². The number of hydrogen-bond donors (Lipinski definition) is 0. The predicted octanol–water partition coefficient (Wildman–Crippen LogP) is 3.22. The zero-order valence-electron chi connectivity index (χ0n) is 14.2. The number of nitrogens with zero attached hydrogens (tertiary/aromatic N) is 3. The first-order valence-corrected chi connectivity index (χ1v) is 9.34.